The van der Waals surface area contributed by atoms with Crippen molar-refractivity contribution in [2.75, 3.05) is 11.9 Å². The third-order valence-corrected chi connectivity index (χ3v) is 5.66. The Labute approximate surface area is 191 Å². The zero-order valence-electron chi connectivity index (χ0n) is 17.8. The predicted molar refractivity (Wildman–Crippen MR) is 124 cm³/mol. The Morgan fingerprint density at radius 3 is 2.36 bits per heavy atom. The summed E-state index contributed by atoms with van der Waals surface area (Å²) in [7, 11) is 0. The Hall–Kier alpha value is -4.26. The van der Waals surface area contributed by atoms with Crippen LogP contribution in [0.15, 0.2) is 89.5 Å². The lowest BCUT2D eigenvalue weighted by Crippen LogP contribution is -2.28. The van der Waals surface area contributed by atoms with Crippen LogP contribution in [0.4, 0.5) is 5.69 Å². The molecule has 2 heterocycles. The van der Waals surface area contributed by atoms with Gasteiger partial charge in [0.25, 0.3) is 5.89 Å². The van der Waals surface area contributed by atoms with Gasteiger partial charge in [-0.3, -0.25) is 9.59 Å². The summed E-state index contributed by atoms with van der Waals surface area (Å²) in [5.74, 6) is 0.402. The molecule has 5 rings (SSSR count). The molecule has 1 saturated heterocycles. The molecule has 0 spiro atoms. The number of nitrogens with zero attached hydrogens (tertiary/aromatic N) is 3. The molecule has 1 unspecified atom stereocenters. The highest BCUT2D eigenvalue weighted by Crippen LogP contribution is 2.25. The fraction of sp³-hybridized carbons (Fsp3) is 0.154. The summed E-state index contributed by atoms with van der Waals surface area (Å²) in [6.45, 7) is 0.940. The molecule has 1 aromatic heterocycles. The minimum Gasteiger partial charge on any atom is -0.338 e. The predicted octanol–water partition coefficient (Wildman–Crippen LogP) is 4.39. The molecule has 1 atom stereocenters. The summed E-state index contributed by atoms with van der Waals surface area (Å²) in [5, 5.41) is 6.95. The molecule has 1 aliphatic heterocycles. The first-order valence-corrected chi connectivity index (χ1v) is 10.8. The second-order valence-electron chi connectivity index (χ2n) is 8.02. The van der Waals surface area contributed by atoms with Gasteiger partial charge >= 0.3 is 0 Å². The van der Waals surface area contributed by atoms with Crippen molar-refractivity contribution in [1.82, 2.24) is 15.0 Å². The van der Waals surface area contributed by atoms with Gasteiger partial charge in [0.2, 0.25) is 17.6 Å². The molecule has 0 radical (unpaired) electrons. The van der Waals surface area contributed by atoms with E-state index < -0.39 is 0 Å². The molecule has 1 fully saturated rings. The van der Waals surface area contributed by atoms with Gasteiger partial charge in [0.15, 0.2) is 0 Å². The summed E-state index contributed by atoms with van der Waals surface area (Å²) < 4.78 is 5.39. The van der Waals surface area contributed by atoms with E-state index in [0.717, 1.165) is 16.7 Å². The average Bonchev–Trinajstić information content (AvgIpc) is 3.48. The normalized spacial score (nSPS) is 15.6. The van der Waals surface area contributed by atoms with E-state index in [0.29, 0.717) is 30.5 Å². The highest BCUT2D eigenvalue weighted by atomic mass is 16.5. The van der Waals surface area contributed by atoms with Crippen LogP contribution in [0.1, 0.15) is 12.0 Å². The van der Waals surface area contributed by atoms with E-state index in [4.69, 9.17) is 4.52 Å². The number of hydrogen-bond acceptors (Lipinski definition) is 5. The second-order valence-corrected chi connectivity index (χ2v) is 8.02. The van der Waals surface area contributed by atoms with Crippen LogP contribution in [0.25, 0.3) is 22.8 Å². The summed E-state index contributed by atoms with van der Waals surface area (Å²) in [6.07, 6.45) is 0.223. The molecule has 4 aromatic rings. The lowest BCUT2D eigenvalue weighted by molar-refractivity contribution is -0.128. The Bertz CT molecular complexity index is 1250. The lowest BCUT2D eigenvalue weighted by Gasteiger charge is -2.16. The fourth-order valence-electron chi connectivity index (χ4n) is 3.89. The number of rotatable bonds is 6. The molecule has 7 heteroatoms. The van der Waals surface area contributed by atoms with Gasteiger partial charge in [0, 0.05) is 36.3 Å². The molecular weight excluding hydrogens is 416 g/mol. The highest BCUT2D eigenvalue weighted by molar-refractivity contribution is 5.97. The van der Waals surface area contributed by atoms with Crippen LogP contribution in [0.3, 0.4) is 0 Å². The molecule has 33 heavy (non-hydrogen) atoms. The molecule has 0 aliphatic carbocycles. The zero-order valence-corrected chi connectivity index (χ0v) is 17.8. The van der Waals surface area contributed by atoms with Crippen LogP contribution in [0, 0.1) is 5.92 Å². The van der Waals surface area contributed by atoms with Gasteiger partial charge in [-0.25, -0.2) is 0 Å². The molecule has 3 aromatic carbocycles. The monoisotopic (exact) mass is 438 g/mol. The van der Waals surface area contributed by atoms with E-state index in [1.54, 1.807) is 17.0 Å². The van der Waals surface area contributed by atoms with E-state index >= 15 is 0 Å². The first-order chi connectivity index (χ1) is 16.2. The molecule has 0 bridgehead atoms. The van der Waals surface area contributed by atoms with E-state index in [1.165, 1.54) is 0 Å². The first-order valence-electron chi connectivity index (χ1n) is 10.8. The minimum atomic E-state index is -0.370. The number of hydrogen-bond donors (Lipinski definition) is 1. The van der Waals surface area contributed by atoms with Gasteiger partial charge in [0.1, 0.15) is 0 Å². The molecule has 1 N–H and O–H groups in total. The van der Waals surface area contributed by atoms with Crippen LogP contribution < -0.4 is 5.32 Å². The third kappa shape index (κ3) is 4.67. The van der Waals surface area contributed by atoms with Crippen molar-refractivity contribution in [2.45, 2.75) is 13.0 Å². The van der Waals surface area contributed by atoms with Crippen molar-refractivity contribution in [1.29, 1.82) is 0 Å². The zero-order chi connectivity index (χ0) is 22.6. The Morgan fingerprint density at radius 1 is 0.939 bits per heavy atom. The van der Waals surface area contributed by atoms with Crippen molar-refractivity contribution in [2.24, 2.45) is 5.92 Å². The van der Waals surface area contributed by atoms with Crippen LogP contribution in [-0.4, -0.2) is 33.4 Å². The molecule has 0 saturated carbocycles. The average molecular weight is 438 g/mol. The molecular formula is C26H22N4O3. The van der Waals surface area contributed by atoms with Gasteiger partial charge in [-0.05, 0) is 29.8 Å². The number of benzene rings is 3. The van der Waals surface area contributed by atoms with Crippen LogP contribution >= 0.6 is 0 Å². The van der Waals surface area contributed by atoms with Gasteiger partial charge in [-0.15, -0.1) is 0 Å². The van der Waals surface area contributed by atoms with Crippen LogP contribution in [0.5, 0.6) is 0 Å². The fourth-order valence-corrected chi connectivity index (χ4v) is 3.89. The van der Waals surface area contributed by atoms with E-state index in [-0.39, 0.29) is 24.2 Å². The van der Waals surface area contributed by atoms with E-state index in [9.17, 15) is 9.59 Å². The molecule has 164 valence electrons. The summed E-state index contributed by atoms with van der Waals surface area (Å²) in [4.78, 5) is 31.3. The van der Waals surface area contributed by atoms with E-state index in [2.05, 4.69) is 15.5 Å². The summed E-state index contributed by atoms with van der Waals surface area (Å²) >= 11 is 0. The smallest absolute Gasteiger partial charge is 0.258 e. The largest absolute Gasteiger partial charge is 0.338 e. The Balaban J connectivity index is 1.20. The number of nitrogens with one attached hydrogen (secondary N) is 1. The topological polar surface area (TPSA) is 88.3 Å². The van der Waals surface area contributed by atoms with Crippen LogP contribution in [-0.2, 0) is 16.1 Å². The third-order valence-electron chi connectivity index (χ3n) is 5.66. The van der Waals surface area contributed by atoms with Crippen molar-refractivity contribution >= 4 is 17.5 Å². The highest BCUT2D eigenvalue weighted by Gasteiger charge is 2.34. The second kappa shape index (κ2) is 9.08. The SMILES string of the molecule is O=C(Nc1ccc(-c2nc(-c3ccccc3)no2)cc1)C1CC(=O)N(Cc2ccccc2)C1. The van der Waals surface area contributed by atoms with Crippen molar-refractivity contribution < 1.29 is 14.1 Å². The first kappa shape index (κ1) is 20.6. The maximum atomic E-state index is 12.7. The van der Waals surface area contributed by atoms with Crippen LogP contribution in [0.2, 0.25) is 0 Å². The summed E-state index contributed by atoms with van der Waals surface area (Å²) in [6, 6.07) is 26.6. The van der Waals surface area contributed by atoms with Gasteiger partial charge in [-0.2, -0.15) is 4.98 Å². The quantitative estimate of drug-likeness (QED) is 0.482. The Kier molecular flexibility index (Phi) is 5.68. The lowest BCUT2D eigenvalue weighted by atomic mass is 10.1. The Morgan fingerprint density at radius 2 is 1.64 bits per heavy atom. The number of aromatic nitrogens is 2. The van der Waals surface area contributed by atoms with Gasteiger partial charge in [0.05, 0.1) is 5.92 Å². The number of anilines is 1. The van der Waals surface area contributed by atoms with Gasteiger partial charge in [-0.1, -0.05) is 65.8 Å². The van der Waals surface area contributed by atoms with Crippen molar-refractivity contribution in [3.8, 4) is 22.8 Å². The van der Waals surface area contributed by atoms with Gasteiger partial charge < -0.3 is 14.7 Å². The molecule has 1 aliphatic rings. The van der Waals surface area contributed by atoms with Crippen molar-refractivity contribution in [3.05, 3.63) is 90.5 Å². The number of amides is 2. The van der Waals surface area contributed by atoms with Crippen molar-refractivity contribution in [3.63, 3.8) is 0 Å². The standard InChI is InChI=1S/C26H22N4O3/c31-23-15-21(17-30(23)16-18-7-3-1-4-8-18)25(32)27-22-13-11-20(12-14-22)26-28-24(29-33-26)19-9-5-2-6-10-19/h1-14,21H,15-17H2,(H,27,32). The molecule has 7 nitrogen and oxygen atoms in total. The number of likely N-dealkylation sites (tertiary alicyclic amines) is 1. The maximum absolute atomic E-state index is 12.7. The van der Waals surface area contributed by atoms with E-state index in [1.807, 2.05) is 72.8 Å². The maximum Gasteiger partial charge on any atom is 0.258 e. The number of carbonyl (C=O) groups is 2. The minimum absolute atomic E-state index is 0.0000324. The molecule has 2 amide bonds. The summed E-state index contributed by atoms with van der Waals surface area (Å²) in [5.41, 5.74) is 3.34. The number of carbonyl (C=O) groups excluding carboxylic acids is 2.